The van der Waals surface area contributed by atoms with Crippen LogP contribution in [0.25, 0.3) is 0 Å². The van der Waals surface area contributed by atoms with Crippen LogP contribution in [0.2, 0.25) is 5.02 Å². The molecule has 0 atom stereocenters. The molecule has 1 saturated heterocycles. The topological polar surface area (TPSA) is 71.5 Å². The second-order valence-electron chi connectivity index (χ2n) is 8.11. The van der Waals surface area contributed by atoms with Gasteiger partial charge >= 0.3 is 0 Å². The lowest BCUT2D eigenvalue weighted by molar-refractivity contribution is 0.122. The Hall–Kier alpha value is -3.03. The summed E-state index contributed by atoms with van der Waals surface area (Å²) in [5.41, 5.74) is 4.16. The second kappa shape index (κ2) is 11.9. The Morgan fingerprint density at radius 2 is 1.88 bits per heavy atom. The van der Waals surface area contributed by atoms with Crippen molar-refractivity contribution < 1.29 is 9.47 Å². The summed E-state index contributed by atoms with van der Waals surface area (Å²) in [5.74, 6) is 1.76. The maximum atomic E-state index is 6.44. The van der Waals surface area contributed by atoms with Crippen molar-refractivity contribution in [2.45, 2.75) is 33.1 Å². The van der Waals surface area contributed by atoms with Gasteiger partial charge in [-0.25, -0.2) is 4.98 Å². The Bertz CT molecular complexity index is 1090. The molecule has 1 aliphatic heterocycles. The van der Waals surface area contributed by atoms with E-state index in [-0.39, 0.29) is 0 Å². The first-order chi connectivity index (χ1) is 16.7. The molecule has 2 N–H and O–H groups in total. The van der Waals surface area contributed by atoms with E-state index in [2.05, 4.69) is 56.7 Å². The highest BCUT2D eigenvalue weighted by molar-refractivity contribution is 6.32. The van der Waals surface area contributed by atoms with Crippen LogP contribution >= 0.6 is 11.6 Å². The van der Waals surface area contributed by atoms with Gasteiger partial charge in [0, 0.05) is 30.5 Å². The molecule has 0 spiro atoms. The quantitative estimate of drug-likeness (QED) is 0.357. The molecular formula is C26H32ClN5O2. The number of ether oxygens (including phenoxy) is 2. The molecule has 1 aliphatic rings. The molecule has 7 nitrogen and oxygen atoms in total. The third-order valence-corrected chi connectivity index (χ3v) is 5.98. The first-order valence-corrected chi connectivity index (χ1v) is 12.3. The molecule has 0 aliphatic carbocycles. The minimum atomic E-state index is 0.443. The molecule has 4 rings (SSSR count). The van der Waals surface area contributed by atoms with E-state index >= 15 is 0 Å². The van der Waals surface area contributed by atoms with Crippen LogP contribution in [0.1, 0.15) is 32.3 Å². The molecule has 0 unspecified atom stereocenters. The molecule has 0 saturated carbocycles. The fourth-order valence-corrected chi connectivity index (χ4v) is 4.04. The molecule has 0 radical (unpaired) electrons. The SMILES string of the molecule is CCCCc1ccccc1Nc1nc(Nc2ccc(N3CCOCC3)cc2OCC)ncc1Cl. The van der Waals surface area contributed by atoms with Crippen LogP contribution in [0.15, 0.2) is 48.7 Å². The van der Waals surface area contributed by atoms with Crippen molar-refractivity contribution in [2.24, 2.45) is 0 Å². The number of hydrogen-bond donors (Lipinski definition) is 2. The Labute approximate surface area is 206 Å². The average molecular weight is 482 g/mol. The van der Waals surface area contributed by atoms with E-state index in [4.69, 9.17) is 21.1 Å². The van der Waals surface area contributed by atoms with Gasteiger partial charge in [-0.2, -0.15) is 4.98 Å². The van der Waals surface area contributed by atoms with Crippen LogP contribution in [-0.4, -0.2) is 42.9 Å². The van der Waals surface area contributed by atoms with Gasteiger partial charge in [0.25, 0.3) is 0 Å². The Morgan fingerprint density at radius 1 is 1.06 bits per heavy atom. The van der Waals surface area contributed by atoms with Crippen molar-refractivity contribution in [3.05, 3.63) is 59.2 Å². The molecule has 1 aromatic heterocycles. The summed E-state index contributed by atoms with van der Waals surface area (Å²) >= 11 is 6.44. The number of unbranched alkanes of at least 4 members (excludes halogenated alkanes) is 1. The zero-order valence-electron chi connectivity index (χ0n) is 19.8. The number of nitrogens with one attached hydrogen (secondary N) is 2. The van der Waals surface area contributed by atoms with Crippen LogP contribution in [0.5, 0.6) is 5.75 Å². The fraction of sp³-hybridized carbons (Fsp3) is 0.385. The van der Waals surface area contributed by atoms with E-state index in [0.717, 1.165) is 68.4 Å². The molecule has 3 aromatic rings. The number of para-hydroxylation sites is 1. The summed E-state index contributed by atoms with van der Waals surface area (Å²) < 4.78 is 11.4. The first kappa shape index (κ1) is 24.1. The van der Waals surface area contributed by atoms with Gasteiger partial charge < -0.3 is 25.0 Å². The molecule has 1 fully saturated rings. The number of hydrogen-bond acceptors (Lipinski definition) is 7. The van der Waals surface area contributed by atoms with E-state index in [1.165, 1.54) is 5.56 Å². The molecule has 34 heavy (non-hydrogen) atoms. The highest BCUT2D eigenvalue weighted by Crippen LogP contribution is 2.33. The van der Waals surface area contributed by atoms with Crippen molar-refractivity contribution in [2.75, 3.05) is 48.4 Å². The van der Waals surface area contributed by atoms with Crippen LogP contribution in [0, 0.1) is 0 Å². The van der Waals surface area contributed by atoms with Crippen molar-refractivity contribution in [1.82, 2.24) is 9.97 Å². The lowest BCUT2D eigenvalue weighted by Gasteiger charge is -2.29. The van der Waals surface area contributed by atoms with Crippen molar-refractivity contribution in [3.63, 3.8) is 0 Å². The van der Waals surface area contributed by atoms with E-state index in [1.54, 1.807) is 6.20 Å². The van der Waals surface area contributed by atoms with Crippen LogP contribution in [-0.2, 0) is 11.2 Å². The summed E-state index contributed by atoms with van der Waals surface area (Å²) in [4.78, 5) is 11.3. The van der Waals surface area contributed by atoms with Gasteiger partial charge in [-0.3, -0.25) is 0 Å². The van der Waals surface area contributed by atoms with E-state index < -0.39 is 0 Å². The molecule has 2 aromatic carbocycles. The van der Waals surface area contributed by atoms with Crippen LogP contribution in [0.3, 0.4) is 0 Å². The third kappa shape index (κ3) is 6.10. The number of benzene rings is 2. The van der Waals surface area contributed by atoms with E-state index in [9.17, 15) is 0 Å². The number of rotatable bonds is 10. The van der Waals surface area contributed by atoms with Gasteiger partial charge in [0.2, 0.25) is 5.95 Å². The van der Waals surface area contributed by atoms with Crippen LogP contribution in [0.4, 0.5) is 28.8 Å². The number of aryl methyl sites for hydroxylation is 1. The average Bonchev–Trinajstić information content (AvgIpc) is 2.87. The van der Waals surface area contributed by atoms with Gasteiger partial charge in [-0.05, 0) is 43.5 Å². The van der Waals surface area contributed by atoms with Gasteiger partial charge in [-0.15, -0.1) is 0 Å². The van der Waals surface area contributed by atoms with Crippen molar-refractivity contribution in [3.8, 4) is 5.75 Å². The predicted molar refractivity (Wildman–Crippen MR) is 139 cm³/mol. The Balaban J connectivity index is 1.55. The molecule has 2 heterocycles. The summed E-state index contributed by atoms with van der Waals surface area (Å²) in [7, 11) is 0. The Kier molecular flexibility index (Phi) is 8.44. The minimum absolute atomic E-state index is 0.443. The number of halogens is 1. The largest absolute Gasteiger partial charge is 0.492 e. The van der Waals surface area contributed by atoms with Gasteiger partial charge in [0.15, 0.2) is 5.82 Å². The van der Waals surface area contributed by atoms with E-state index in [0.29, 0.717) is 23.4 Å². The lowest BCUT2D eigenvalue weighted by atomic mass is 10.1. The first-order valence-electron chi connectivity index (χ1n) is 11.9. The zero-order valence-corrected chi connectivity index (χ0v) is 20.6. The van der Waals surface area contributed by atoms with Crippen molar-refractivity contribution >= 4 is 40.4 Å². The van der Waals surface area contributed by atoms with Crippen molar-refractivity contribution in [1.29, 1.82) is 0 Å². The molecule has 0 bridgehead atoms. The van der Waals surface area contributed by atoms with E-state index in [1.807, 2.05) is 25.1 Å². The second-order valence-corrected chi connectivity index (χ2v) is 8.52. The summed E-state index contributed by atoms with van der Waals surface area (Å²) in [6.45, 7) is 7.94. The minimum Gasteiger partial charge on any atom is -0.492 e. The summed E-state index contributed by atoms with van der Waals surface area (Å²) in [5, 5.41) is 7.16. The van der Waals surface area contributed by atoms with Gasteiger partial charge in [0.05, 0.1) is 31.7 Å². The molecule has 8 heteroatoms. The molecule has 0 amide bonds. The number of nitrogens with zero attached hydrogens (tertiary/aromatic N) is 3. The zero-order chi connectivity index (χ0) is 23.8. The Morgan fingerprint density at radius 3 is 2.68 bits per heavy atom. The van der Waals surface area contributed by atoms with Crippen LogP contribution < -0.4 is 20.3 Å². The predicted octanol–water partition coefficient (Wildman–Crippen LogP) is 6.20. The maximum Gasteiger partial charge on any atom is 0.229 e. The number of morpholine rings is 1. The summed E-state index contributed by atoms with van der Waals surface area (Å²) in [6.07, 6.45) is 4.88. The molecule has 180 valence electrons. The third-order valence-electron chi connectivity index (χ3n) is 5.70. The highest BCUT2D eigenvalue weighted by Gasteiger charge is 2.15. The normalized spacial score (nSPS) is 13.6. The lowest BCUT2D eigenvalue weighted by Crippen LogP contribution is -2.36. The number of aromatic nitrogens is 2. The smallest absolute Gasteiger partial charge is 0.229 e. The fourth-order valence-electron chi connectivity index (χ4n) is 3.90. The highest BCUT2D eigenvalue weighted by atomic mass is 35.5. The maximum absolute atomic E-state index is 6.44. The van der Waals surface area contributed by atoms with Gasteiger partial charge in [0.1, 0.15) is 10.8 Å². The monoisotopic (exact) mass is 481 g/mol. The number of anilines is 5. The standard InChI is InChI=1S/C26H32ClN5O2/c1-3-5-8-19-9-6-7-10-22(19)29-25-21(27)18-28-26(31-25)30-23-12-11-20(17-24(23)34-4-2)32-13-15-33-16-14-32/h6-7,9-12,17-18H,3-5,8,13-16H2,1-2H3,(H2,28,29,30,31). The molecular weight excluding hydrogens is 450 g/mol. The summed E-state index contributed by atoms with van der Waals surface area (Å²) in [6, 6.07) is 14.4. The van der Waals surface area contributed by atoms with Gasteiger partial charge in [-0.1, -0.05) is 43.1 Å².